The molecule has 0 fully saturated rings. The van der Waals surface area contributed by atoms with Crippen molar-refractivity contribution < 1.29 is 32.9 Å². The van der Waals surface area contributed by atoms with Crippen LogP contribution in [0.2, 0.25) is 0 Å². The summed E-state index contributed by atoms with van der Waals surface area (Å²) in [7, 11) is 1.55. The molecule has 0 saturated carbocycles. The molecule has 0 aliphatic rings. The molecule has 88 heavy (non-hydrogen) atoms. The SMILES string of the molecule is CC/C=C\C/C=C\C/C=C\C/C=C\C/C=C\CCCCCCCCCCCCCCCCCCCCCCCC(=O)NC(COP(=O)(O)OCC[N+](C)(C)C)C(O)/C=C/CC/C=C/CC/C=C/CCCCCCCCCCCCCCCCCCCCC. The van der Waals surface area contributed by atoms with Gasteiger partial charge in [0, 0.05) is 6.42 Å². The van der Waals surface area contributed by atoms with Gasteiger partial charge in [-0.2, -0.15) is 0 Å². The zero-order chi connectivity index (χ0) is 64.1. The Bertz CT molecular complexity index is 1760. The Balaban J connectivity index is 4.05. The van der Waals surface area contributed by atoms with Crippen molar-refractivity contribution in [1.29, 1.82) is 0 Å². The fourth-order valence-corrected chi connectivity index (χ4v) is 11.7. The number of hydrogen-bond acceptors (Lipinski definition) is 5. The molecule has 3 unspecified atom stereocenters. The summed E-state index contributed by atoms with van der Waals surface area (Å²) in [6, 6.07) is -0.875. The molecule has 0 aromatic rings. The summed E-state index contributed by atoms with van der Waals surface area (Å²) >= 11 is 0. The molecule has 9 heteroatoms. The van der Waals surface area contributed by atoms with Gasteiger partial charge in [0.25, 0.3) is 0 Å². The maximum absolute atomic E-state index is 13.1. The number of phosphoric ester groups is 1. The van der Waals surface area contributed by atoms with Crippen LogP contribution in [-0.2, 0) is 18.4 Å². The minimum absolute atomic E-state index is 0.0520. The summed E-state index contributed by atoms with van der Waals surface area (Å²) in [6.07, 6.45) is 100. The van der Waals surface area contributed by atoms with Crippen LogP contribution in [-0.4, -0.2) is 73.4 Å². The third kappa shape index (κ3) is 70.9. The number of unbranched alkanes of at least 4 members (excludes halogenated alkanes) is 42. The highest BCUT2D eigenvalue weighted by Crippen LogP contribution is 2.43. The van der Waals surface area contributed by atoms with E-state index in [1.165, 1.54) is 250 Å². The first-order valence-corrected chi connectivity index (χ1v) is 39.1. The Morgan fingerprint density at radius 2 is 0.693 bits per heavy atom. The van der Waals surface area contributed by atoms with Gasteiger partial charge in [0.15, 0.2) is 0 Å². The molecule has 0 saturated heterocycles. The number of allylic oxidation sites excluding steroid dienone is 15. The van der Waals surface area contributed by atoms with Crippen molar-refractivity contribution in [1.82, 2.24) is 5.32 Å². The number of phosphoric acid groups is 1. The zero-order valence-corrected chi connectivity index (χ0v) is 59.6. The van der Waals surface area contributed by atoms with E-state index in [9.17, 15) is 19.4 Å². The Labute approximate surface area is 547 Å². The highest BCUT2D eigenvalue weighted by molar-refractivity contribution is 7.47. The zero-order valence-electron chi connectivity index (χ0n) is 58.7. The number of hydrogen-bond donors (Lipinski definition) is 3. The Morgan fingerprint density at radius 3 is 1.05 bits per heavy atom. The summed E-state index contributed by atoms with van der Waals surface area (Å²) in [5, 5.41) is 14.0. The van der Waals surface area contributed by atoms with Crippen LogP contribution in [0, 0.1) is 0 Å². The molecule has 1 amide bonds. The second-order valence-electron chi connectivity index (χ2n) is 26.6. The van der Waals surface area contributed by atoms with Gasteiger partial charge >= 0.3 is 7.82 Å². The van der Waals surface area contributed by atoms with E-state index in [0.29, 0.717) is 17.4 Å². The number of nitrogens with zero attached hydrogens (tertiary/aromatic N) is 1. The topological polar surface area (TPSA) is 105 Å². The van der Waals surface area contributed by atoms with E-state index in [0.717, 1.165) is 77.0 Å². The van der Waals surface area contributed by atoms with Gasteiger partial charge in [-0.05, 0) is 89.9 Å². The standard InChI is InChI=1S/C79H145N2O6P/c1-6-8-10-12-14-16-18-20-22-24-26-28-30-32-34-36-37-38-39-40-41-42-43-45-47-49-51-53-55-57-59-61-63-65-67-69-71-73-79(83)80-77(76-87-88(84,85)86-75-74-81(3,4)5)78(82)72-70-68-66-64-62-60-58-56-54-52-50-48-46-44-35-33-31-29-27-25-23-21-19-17-15-13-11-9-7-2/h8,10,14,16,20,22,26,28,32,34,54,56,62,64,70,72,77-78,82H,6-7,9,11-13,15,17-19,21,23-25,27,29-31,33,35-53,55,57-61,63,65-69,71,73-76H2,1-5H3,(H-,80,83,84,85)/p+1/b10-8-,16-14-,22-20-,28-26-,34-32-,56-54+,64-62+,72-70+. The van der Waals surface area contributed by atoms with Crippen LogP contribution in [0.3, 0.4) is 0 Å². The lowest BCUT2D eigenvalue weighted by molar-refractivity contribution is -0.870. The molecule has 512 valence electrons. The highest BCUT2D eigenvalue weighted by Gasteiger charge is 2.28. The van der Waals surface area contributed by atoms with Crippen LogP contribution in [0.25, 0.3) is 0 Å². The second-order valence-corrected chi connectivity index (χ2v) is 28.1. The van der Waals surface area contributed by atoms with Crippen LogP contribution in [0.1, 0.15) is 348 Å². The van der Waals surface area contributed by atoms with Gasteiger partial charge in [-0.15, -0.1) is 0 Å². The van der Waals surface area contributed by atoms with E-state index in [-0.39, 0.29) is 19.1 Å². The molecule has 3 N–H and O–H groups in total. The van der Waals surface area contributed by atoms with Gasteiger partial charge in [-0.3, -0.25) is 13.8 Å². The largest absolute Gasteiger partial charge is 0.472 e. The molecule has 0 aromatic carbocycles. The lowest BCUT2D eigenvalue weighted by atomic mass is 10.0. The first kappa shape index (κ1) is 85.4. The molecule has 0 aliphatic carbocycles. The van der Waals surface area contributed by atoms with Gasteiger partial charge in [-0.25, -0.2) is 4.57 Å². The smallest absolute Gasteiger partial charge is 0.387 e. The van der Waals surface area contributed by atoms with E-state index in [1.807, 2.05) is 27.2 Å². The van der Waals surface area contributed by atoms with E-state index in [1.54, 1.807) is 6.08 Å². The fraction of sp³-hybridized carbons (Fsp3) is 0.785. The molecular weight excluding hydrogens is 1100 g/mol. The number of likely N-dealkylation sites (N-methyl/N-ethyl adjacent to an activating group) is 1. The predicted octanol–water partition coefficient (Wildman–Crippen LogP) is 24.4. The summed E-state index contributed by atoms with van der Waals surface area (Å²) in [5.74, 6) is -0.187. The third-order valence-electron chi connectivity index (χ3n) is 16.8. The molecule has 0 bridgehead atoms. The van der Waals surface area contributed by atoms with Crippen molar-refractivity contribution in [2.75, 3.05) is 40.9 Å². The normalized spacial score (nSPS) is 14.1. The van der Waals surface area contributed by atoms with Gasteiger partial charge in [0.1, 0.15) is 13.2 Å². The maximum Gasteiger partial charge on any atom is 0.472 e. The number of aliphatic hydroxyl groups is 1. The number of quaternary nitrogens is 1. The monoisotopic (exact) mass is 1250 g/mol. The molecule has 0 aliphatic heterocycles. The third-order valence-corrected chi connectivity index (χ3v) is 17.7. The Kier molecular flexibility index (Phi) is 66.8. The molecule has 0 spiro atoms. The van der Waals surface area contributed by atoms with Crippen molar-refractivity contribution in [3.8, 4) is 0 Å². The summed E-state index contributed by atoms with van der Waals surface area (Å²) in [5.41, 5.74) is 0. The lowest BCUT2D eigenvalue weighted by Gasteiger charge is -2.25. The number of carbonyl (C=O) groups excluding carboxylic acids is 1. The van der Waals surface area contributed by atoms with Gasteiger partial charge in [0.05, 0.1) is 39.9 Å². The number of nitrogens with one attached hydrogen (secondary N) is 1. The van der Waals surface area contributed by atoms with Crippen LogP contribution in [0.5, 0.6) is 0 Å². The second kappa shape index (κ2) is 68.8. The quantitative estimate of drug-likeness (QED) is 0.0243. The van der Waals surface area contributed by atoms with Crippen LogP contribution in [0.4, 0.5) is 0 Å². The summed E-state index contributed by atoms with van der Waals surface area (Å²) in [6.45, 7) is 4.71. The van der Waals surface area contributed by atoms with Gasteiger partial charge < -0.3 is 19.8 Å². The molecule has 0 radical (unpaired) electrons. The molecule has 0 aromatic heterocycles. The number of rotatable bonds is 69. The number of aliphatic hydroxyl groups excluding tert-OH is 1. The first-order chi connectivity index (χ1) is 43.0. The highest BCUT2D eigenvalue weighted by atomic mass is 31.2. The Hall–Kier alpha value is -2.58. The van der Waals surface area contributed by atoms with Crippen LogP contribution < -0.4 is 5.32 Å². The van der Waals surface area contributed by atoms with Gasteiger partial charge in [-0.1, -0.05) is 349 Å². The number of amides is 1. The van der Waals surface area contributed by atoms with E-state index in [4.69, 9.17) is 9.05 Å². The van der Waals surface area contributed by atoms with Crippen molar-refractivity contribution in [2.45, 2.75) is 360 Å². The van der Waals surface area contributed by atoms with Crippen LogP contribution in [0.15, 0.2) is 97.2 Å². The summed E-state index contributed by atoms with van der Waals surface area (Å²) < 4.78 is 23.8. The predicted molar refractivity (Wildman–Crippen MR) is 387 cm³/mol. The first-order valence-electron chi connectivity index (χ1n) is 37.6. The van der Waals surface area contributed by atoms with E-state index >= 15 is 0 Å². The lowest BCUT2D eigenvalue weighted by Crippen LogP contribution is -2.45. The average Bonchev–Trinajstić information content (AvgIpc) is 3.70. The number of carbonyl (C=O) groups is 1. The summed E-state index contributed by atoms with van der Waals surface area (Å²) in [4.78, 5) is 23.5. The van der Waals surface area contributed by atoms with E-state index < -0.39 is 20.0 Å². The van der Waals surface area contributed by atoms with Crippen molar-refractivity contribution in [2.24, 2.45) is 0 Å². The van der Waals surface area contributed by atoms with E-state index in [2.05, 4.69) is 104 Å². The molecular formula is C79H146N2O6P+. The van der Waals surface area contributed by atoms with Crippen molar-refractivity contribution in [3.05, 3.63) is 97.2 Å². The average molecular weight is 1250 g/mol. The van der Waals surface area contributed by atoms with Crippen LogP contribution >= 0.6 is 7.82 Å². The minimum Gasteiger partial charge on any atom is -0.387 e. The molecule has 8 nitrogen and oxygen atoms in total. The Morgan fingerprint density at radius 1 is 0.398 bits per heavy atom. The van der Waals surface area contributed by atoms with Crippen molar-refractivity contribution in [3.63, 3.8) is 0 Å². The fourth-order valence-electron chi connectivity index (χ4n) is 11.0. The van der Waals surface area contributed by atoms with Crippen molar-refractivity contribution >= 4 is 13.7 Å². The van der Waals surface area contributed by atoms with Gasteiger partial charge in [0.2, 0.25) is 5.91 Å². The molecule has 0 heterocycles. The maximum atomic E-state index is 13.1. The minimum atomic E-state index is -4.37. The molecule has 3 atom stereocenters. The molecule has 0 rings (SSSR count).